The number of benzene rings is 4. The molecular formula is C32H30N2O6. The molecule has 40 heavy (non-hydrogen) atoms. The number of hydrazone groups is 1. The second-order valence-electron chi connectivity index (χ2n) is 8.66. The van der Waals surface area contributed by atoms with E-state index in [2.05, 4.69) is 10.5 Å². The molecular weight excluding hydrogens is 508 g/mol. The molecule has 1 N–H and O–H groups in total. The van der Waals surface area contributed by atoms with Crippen LogP contribution in [-0.4, -0.2) is 30.8 Å². The van der Waals surface area contributed by atoms with E-state index in [-0.39, 0.29) is 0 Å². The molecule has 4 aromatic carbocycles. The van der Waals surface area contributed by atoms with Gasteiger partial charge in [0, 0.05) is 0 Å². The number of amides is 1. The molecule has 1 amide bonds. The molecule has 0 aromatic heterocycles. The van der Waals surface area contributed by atoms with E-state index < -0.39 is 18.0 Å². The molecule has 8 nitrogen and oxygen atoms in total. The maximum absolute atomic E-state index is 12.4. The van der Waals surface area contributed by atoms with Crippen molar-refractivity contribution >= 4 is 18.1 Å². The summed E-state index contributed by atoms with van der Waals surface area (Å²) in [7, 11) is 0. The first-order valence-electron chi connectivity index (χ1n) is 12.8. The maximum Gasteiger partial charge on any atom is 0.343 e. The minimum atomic E-state index is -0.766. The summed E-state index contributed by atoms with van der Waals surface area (Å²) in [5.74, 6) is 1.44. The average Bonchev–Trinajstić information content (AvgIpc) is 2.98. The van der Waals surface area contributed by atoms with Crippen molar-refractivity contribution < 1.29 is 28.5 Å². The average molecular weight is 539 g/mol. The van der Waals surface area contributed by atoms with Crippen molar-refractivity contribution in [2.24, 2.45) is 5.10 Å². The summed E-state index contributed by atoms with van der Waals surface area (Å²) >= 11 is 0. The van der Waals surface area contributed by atoms with Crippen LogP contribution in [0.3, 0.4) is 0 Å². The van der Waals surface area contributed by atoms with Crippen LogP contribution in [0.2, 0.25) is 0 Å². The molecule has 0 aliphatic carbocycles. The molecule has 0 unspecified atom stereocenters. The van der Waals surface area contributed by atoms with Gasteiger partial charge in [0.05, 0.1) is 18.4 Å². The number of rotatable bonds is 12. The van der Waals surface area contributed by atoms with E-state index in [1.165, 1.54) is 6.21 Å². The topological polar surface area (TPSA) is 95.5 Å². The monoisotopic (exact) mass is 538 g/mol. The molecule has 0 bridgehead atoms. The molecule has 8 heteroatoms. The number of carbonyl (C=O) groups excluding carboxylic acids is 2. The van der Waals surface area contributed by atoms with Gasteiger partial charge in [0.15, 0.2) is 6.10 Å². The highest BCUT2D eigenvalue weighted by Gasteiger charge is 2.14. The number of ether oxygens (including phenoxy) is 4. The summed E-state index contributed by atoms with van der Waals surface area (Å²) in [6, 6.07) is 30.4. The summed E-state index contributed by atoms with van der Waals surface area (Å²) in [4.78, 5) is 24.7. The van der Waals surface area contributed by atoms with Crippen LogP contribution in [0, 0.1) is 0 Å². The number of hydrogen-bond donors (Lipinski definition) is 1. The molecule has 0 aliphatic heterocycles. The predicted octanol–water partition coefficient (Wildman–Crippen LogP) is 5.80. The first-order valence-corrected chi connectivity index (χ1v) is 12.8. The second-order valence-corrected chi connectivity index (χ2v) is 8.66. The van der Waals surface area contributed by atoms with Crippen LogP contribution in [0.25, 0.3) is 0 Å². The fourth-order valence-corrected chi connectivity index (χ4v) is 3.52. The van der Waals surface area contributed by atoms with Gasteiger partial charge in [0.2, 0.25) is 0 Å². The van der Waals surface area contributed by atoms with Gasteiger partial charge in [-0.25, -0.2) is 10.2 Å². The number of hydrogen-bond acceptors (Lipinski definition) is 7. The van der Waals surface area contributed by atoms with E-state index in [0.29, 0.717) is 47.3 Å². The fourth-order valence-electron chi connectivity index (χ4n) is 3.52. The van der Waals surface area contributed by atoms with Crippen molar-refractivity contribution in [1.82, 2.24) is 5.43 Å². The zero-order valence-electron chi connectivity index (χ0n) is 22.3. The Labute approximate surface area is 233 Å². The Morgan fingerprint density at radius 3 is 2.05 bits per heavy atom. The normalized spacial score (nSPS) is 11.4. The maximum atomic E-state index is 12.4. The Hall–Kier alpha value is -5.11. The molecule has 0 saturated carbocycles. The SMILES string of the molecule is CCOc1ccc(C(=O)Oc2ccc(/C=N\NC(=O)[C@@H](C)Oc3ccc(OCc4ccccc4)cc3)cc2)cc1. The largest absolute Gasteiger partial charge is 0.494 e. The molecule has 0 spiro atoms. The second kappa shape index (κ2) is 14.2. The van der Waals surface area contributed by atoms with Gasteiger partial charge in [-0.15, -0.1) is 0 Å². The first kappa shape index (κ1) is 27.9. The molecule has 0 saturated heterocycles. The third kappa shape index (κ3) is 8.46. The minimum absolute atomic E-state index is 0.388. The Morgan fingerprint density at radius 2 is 1.38 bits per heavy atom. The van der Waals surface area contributed by atoms with Crippen LogP contribution < -0.4 is 24.4 Å². The Bertz CT molecular complexity index is 1400. The lowest BCUT2D eigenvalue weighted by molar-refractivity contribution is -0.127. The highest BCUT2D eigenvalue weighted by Crippen LogP contribution is 2.20. The van der Waals surface area contributed by atoms with Crippen LogP contribution in [-0.2, 0) is 11.4 Å². The Morgan fingerprint density at radius 1 is 0.775 bits per heavy atom. The lowest BCUT2D eigenvalue weighted by Gasteiger charge is -2.13. The summed E-state index contributed by atoms with van der Waals surface area (Å²) in [5.41, 5.74) is 4.67. The lowest BCUT2D eigenvalue weighted by Crippen LogP contribution is -2.33. The molecule has 0 aliphatic rings. The van der Waals surface area contributed by atoms with E-state index in [0.717, 1.165) is 5.56 Å². The summed E-state index contributed by atoms with van der Waals surface area (Å²) < 4.78 is 22.3. The minimum Gasteiger partial charge on any atom is -0.494 e. The molecule has 4 aromatic rings. The van der Waals surface area contributed by atoms with Crippen molar-refractivity contribution in [1.29, 1.82) is 0 Å². The van der Waals surface area contributed by atoms with E-state index >= 15 is 0 Å². The van der Waals surface area contributed by atoms with E-state index in [9.17, 15) is 9.59 Å². The third-order valence-corrected chi connectivity index (χ3v) is 5.63. The summed E-state index contributed by atoms with van der Waals surface area (Å²) in [6.07, 6.45) is 0.722. The standard InChI is InChI=1S/C32H30N2O6/c1-3-37-27-15-11-26(12-16-27)32(36)40-30-13-9-24(10-14-30)21-33-34-31(35)23(2)39-29-19-17-28(18-20-29)38-22-25-7-5-4-6-8-25/h4-21,23H,3,22H2,1-2H3,(H,34,35)/b33-21-/t23-/m1/s1. The van der Waals surface area contributed by atoms with E-state index in [1.807, 2.05) is 37.3 Å². The van der Waals surface area contributed by atoms with Gasteiger partial charge in [-0.05, 0) is 97.8 Å². The van der Waals surface area contributed by atoms with Crippen LogP contribution in [0.4, 0.5) is 0 Å². The quantitative estimate of drug-likeness (QED) is 0.106. The van der Waals surface area contributed by atoms with E-state index in [4.69, 9.17) is 18.9 Å². The van der Waals surface area contributed by atoms with Crippen molar-refractivity contribution in [3.63, 3.8) is 0 Å². The van der Waals surface area contributed by atoms with Gasteiger partial charge >= 0.3 is 5.97 Å². The van der Waals surface area contributed by atoms with E-state index in [1.54, 1.807) is 79.7 Å². The van der Waals surface area contributed by atoms with Gasteiger partial charge in [-0.3, -0.25) is 4.79 Å². The zero-order valence-corrected chi connectivity index (χ0v) is 22.3. The van der Waals surface area contributed by atoms with Crippen molar-refractivity contribution in [2.45, 2.75) is 26.6 Å². The molecule has 4 rings (SSSR count). The lowest BCUT2D eigenvalue weighted by atomic mass is 10.2. The van der Waals surface area contributed by atoms with Crippen molar-refractivity contribution in [3.8, 4) is 23.0 Å². The van der Waals surface area contributed by atoms with Gasteiger partial charge < -0.3 is 18.9 Å². The van der Waals surface area contributed by atoms with Gasteiger partial charge in [-0.2, -0.15) is 5.10 Å². The van der Waals surface area contributed by atoms with Gasteiger partial charge in [-0.1, -0.05) is 30.3 Å². The molecule has 0 radical (unpaired) electrons. The zero-order chi connectivity index (χ0) is 28.2. The number of carbonyl (C=O) groups is 2. The van der Waals surface area contributed by atoms with Crippen LogP contribution >= 0.6 is 0 Å². The number of nitrogens with zero attached hydrogens (tertiary/aromatic N) is 1. The highest BCUT2D eigenvalue weighted by atomic mass is 16.5. The third-order valence-electron chi connectivity index (χ3n) is 5.63. The Balaban J connectivity index is 1.20. The van der Waals surface area contributed by atoms with Crippen molar-refractivity contribution in [3.05, 3.63) is 120 Å². The smallest absolute Gasteiger partial charge is 0.343 e. The number of nitrogens with one attached hydrogen (secondary N) is 1. The van der Waals surface area contributed by atoms with Crippen molar-refractivity contribution in [2.75, 3.05) is 6.61 Å². The molecule has 1 atom stereocenters. The number of esters is 1. The van der Waals surface area contributed by atoms with Gasteiger partial charge in [0.25, 0.3) is 5.91 Å². The summed E-state index contributed by atoms with van der Waals surface area (Å²) in [6.45, 7) is 4.55. The van der Waals surface area contributed by atoms with Gasteiger partial charge in [0.1, 0.15) is 29.6 Å². The molecule has 0 heterocycles. The predicted molar refractivity (Wildman–Crippen MR) is 152 cm³/mol. The highest BCUT2D eigenvalue weighted by molar-refractivity contribution is 5.91. The first-order chi connectivity index (χ1) is 19.5. The summed E-state index contributed by atoms with van der Waals surface area (Å²) in [5, 5.41) is 3.99. The van der Waals surface area contributed by atoms with Crippen LogP contribution in [0.1, 0.15) is 35.3 Å². The molecule has 0 fully saturated rings. The molecule has 204 valence electrons. The van der Waals surface area contributed by atoms with Crippen LogP contribution in [0.15, 0.2) is 108 Å². The Kier molecular flexibility index (Phi) is 9.88. The van der Waals surface area contributed by atoms with Crippen LogP contribution in [0.5, 0.6) is 23.0 Å². The fraction of sp³-hybridized carbons (Fsp3) is 0.156.